The lowest BCUT2D eigenvalue weighted by atomic mass is 9.68. The lowest BCUT2D eigenvalue weighted by Gasteiger charge is -2.33. The van der Waals surface area contributed by atoms with Gasteiger partial charge in [-0.15, -0.1) is 0 Å². The summed E-state index contributed by atoms with van der Waals surface area (Å²) >= 11 is 0. The maximum absolute atomic E-state index is 14.7. The Balaban J connectivity index is 2.01. The highest BCUT2D eigenvalue weighted by Crippen LogP contribution is 2.43. The fourth-order valence-corrected chi connectivity index (χ4v) is 3.93. The smallest absolute Gasteiger partial charge is 0.147 e. The number of Topliss-reactive ketones (excluding diaryl/α,β-unsaturated/α-hetero) is 1. The molecule has 0 spiro atoms. The predicted molar refractivity (Wildman–Crippen MR) is 102 cm³/mol. The largest absolute Gasteiger partial charge is 0.494 e. The van der Waals surface area contributed by atoms with Gasteiger partial charge in [0.15, 0.2) is 0 Å². The van der Waals surface area contributed by atoms with Crippen molar-refractivity contribution in [1.82, 2.24) is 0 Å². The number of carbonyl (C=O) groups excluding carboxylic acids is 1. The van der Waals surface area contributed by atoms with Crippen LogP contribution in [0.15, 0.2) is 48.5 Å². The molecule has 26 heavy (non-hydrogen) atoms. The molecule has 138 valence electrons. The van der Waals surface area contributed by atoms with E-state index in [4.69, 9.17) is 4.74 Å². The summed E-state index contributed by atoms with van der Waals surface area (Å²) in [5.74, 6) is 0.623. The van der Waals surface area contributed by atoms with Gasteiger partial charge < -0.3 is 4.74 Å². The van der Waals surface area contributed by atoms with Crippen LogP contribution in [-0.2, 0) is 10.2 Å². The molecule has 1 aliphatic carbocycles. The molecule has 0 bridgehead atoms. The molecular formula is C23H27FO2. The maximum atomic E-state index is 14.7. The third-order valence-electron chi connectivity index (χ3n) is 5.38. The van der Waals surface area contributed by atoms with Gasteiger partial charge in [0.25, 0.3) is 0 Å². The molecule has 2 nitrogen and oxygen atoms in total. The number of hydrogen-bond acceptors (Lipinski definition) is 2. The average molecular weight is 354 g/mol. The third kappa shape index (κ3) is 3.67. The monoisotopic (exact) mass is 354 g/mol. The second-order valence-corrected chi connectivity index (χ2v) is 7.10. The number of ketones is 1. The van der Waals surface area contributed by atoms with E-state index in [9.17, 15) is 9.18 Å². The van der Waals surface area contributed by atoms with Crippen molar-refractivity contribution in [2.24, 2.45) is 0 Å². The third-order valence-corrected chi connectivity index (χ3v) is 5.38. The Hall–Kier alpha value is -2.16. The Labute approximate surface area is 155 Å². The summed E-state index contributed by atoms with van der Waals surface area (Å²) in [6.07, 6.45) is 6.08. The van der Waals surface area contributed by atoms with Gasteiger partial charge in [-0.1, -0.05) is 56.5 Å². The first-order valence-corrected chi connectivity index (χ1v) is 9.70. The van der Waals surface area contributed by atoms with Crippen molar-refractivity contribution in [2.75, 3.05) is 6.61 Å². The van der Waals surface area contributed by atoms with Crippen LogP contribution in [0.2, 0.25) is 0 Å². The lowest BCUT2D eigenvalue weighted by Crippen LogP contribution is -2.37. The molecule has 0 aliphatic heterocycles. The van der Waals surface area contributed by atoms with E-state index in [1.807, 2.05) is 30.3 Å². The van der Waals surface area contributed by atoms with Crippen molar-refractivity contribution in [3.63, 3.8) is 0 Å². The minimum absolute atomic E-state index is 0.125. The van der Waals surface area contributed by atoms with Crippen LogP contribution in [0.1, 0.15) is 63.0 Å². The molecule has 2 aromatic carbocycles. The summed E-state index contributed by atoms with van der Waals surface area (Å²) in [6, 6.07) is 14.4. The van der Waals surface area contributed by atoms with E-state index in [-0.39, 0.29) is 11.6 Å². The summed E-state index contributed by atoms with van der Waals surface area (Å²) in [5, 5.41) is 0. The number of benzene rings is 2. The Kier molecular flexibility index (Phi) is 6.08. The van der Waals surface area contributed by atoms with Gasteiger partial charge in [-0.25, -0.2) is 4.39 Å². The summed E-state index contributed by atoms with van der Waals surface area (Å²) in [5.41, 5.74) is 0.493. The average Bonchev–Trinajstić information content (AvgIpc) is 2.85. The molecule has 0 heterocycles. The highest BCUT2D eigenvalue weighted by molar-refractivity contribution is 5.94. The second-order valence-electron chi connectivity index (χ2n) is 7.10. The first-order valence-electron chi connectivity index (χ1n) is 9.70. The summed E-state index contributed by atoms with van der Waals surface area (Å²) in [7, 11) is 0. The molecule has 1 unspecified atom stereocenters. The van der Waals surface area contributed by atoms with E-state index in [0.29, 0.717) is 25.0 Å². The van der Waals surface area contributed by atoms with Gasteiger partial charge in [0.1, 0.15) is 17.3 Å². The van der Waals surface area contributed by atoms with E-state index >= 15 is 0 Å². The van der Waals surface area contributed by atoms with Crippen molar-refractivity contribution in [2.45, 2.75) is 57.3 Å². The van der Waals surface area contributed by atoms with Crippen LogP contribution in [0.3, 0.4) is 0 Å². The molecular weight excluding hydrogens is 327 g/mol. The fourth-order valence-electron chi connectivity index (χ4n) is 3.93. The SMILES string of the molecule is CCCCOc1ccc(C2(c3ccccc3F)CCCCCC2=O)cc1. The summed E-state index contributed by atoms with van der Waals surface area (Å²) in [6.45, 7) is 2.82. The number of ether oxygens (including phenoxy) is 1. The van der Waals surface area contributed by atoms with Crippen LogP contribution in [-0.4, -0.2) is 12.4 Å². The van der Waals surface area contributed by atoms with Crippen LogP contribution >= 0.6 is 0 Å². The van der Waals surface area contributed by atoms with Gasteiger partial charge in [-0.2, -0.15) is 0 Å². The minimum Gasteiger partial charge on any atom is -0.494 e. The van der Waals surface area contributed by atoms with Crippen LogP contribution < -0.4 is 4.74 Å². The van der Waals surface area contributed by atoms with E-state index in [0.717, 1.165) is 43.4 Å². The zero-order chi connectivity index (χ0) is 18.4. The Morgan fingerprint density at radius 2 is 1.81 bits per heavy atom. The Bertz CT molecular complexity index is 738. The summed E-state index contributed by atoms with van der Waals surface area (Å²) < 4.78 is 20.5. The number of unbranched alkanes of at least 4 members (excludes halogenated alkanes) is 1. The van der Waals surface area contributed by atoms with Gasteiger partial charge in [0.05, 0.1) is 12.0 Å². The molecule has 0 N–H and O–H groups in total. The molecule has 1 saturated carbocycles. The Morgan fingerprint density at radius 3 is 2.54 bits per heavy atom. The van der Waals surface area contributed by atoms with Crippen molar-refractivity contribution in [1.29, 1.82) is 0 Å². The van der Waals surface area contributed by atoms with Gasteiger partial charge >= 0.3 is 0 Å². The zero-order valence-electron chi connectivity index (χ0n) is 15.5. The van der Waals surface area contributed by atoms with Crippen molar-refractivity contribution >= 4 is 5.78 Å². The van der Waals surface area contributed by atoms with E-state index in [1.54, 1.807) is 12.1 Å². The van der Waals surface area contributed by atoms with Crippen molar-refractivity contribution in [3.8, 4) is 5.75 Å². The lowest BCUT2D eigenvalue weighted by molar-refractivity contribution is -0.123. The fraction of sp³-hybridized carbons (Fsp3) is 0.435. The number of carbonyl (C=O) groups is 1. The molecule has 3 rings (SSSR count). The maximum Gasteiger partial charge on any atom is 0.147 e. The van der Waals surface area contributed by atoms with Crippen LogP contribution in [0.25, 0.3) is 0 Å². The molecule has 0 radical (unpaired) electrons. The van der Waals surface area contributed by atoms with Gasteiger partial charge in [-0.3, -0.25) is 4.79 Å². The van der Waals surface area contributed by atoms with E-state index in [1.165, 1.54) is 6.07 Å². The molecule has 1 atom stereocenters. The van der Waals surface area contributed by atoms with Crippen molar-refractivity contribution in [3.05, 3.63) is 65.5 Å². The molecule has 0 saturated heterocycles. The van der Waals surface area contributed by atoms with Gasteiger partial charge in [-0.05, 0) is 43.0 Å². The quantitative estimate of drug-likeness (QED) is 0.482. The Morgan fingerprint density at radius 1 is 1.04 bits per heavy atom. The number of rotatable bonds is 6. The zero-order valence-corrected chi connectivity index (χ0v) is 15.5. The van der Waals surface area contributed by atoms with Crippen LogP contribution in [0, 0.1) is 5.82 Å². The number of hydrogen-bond donors (Lipinski definition) is 0. The standard InChI is InChI=1S/C23H27FO2/c1-2-3-17-26-19-14-12-18(13-15-19)23(16-8-4-5-11-22(23)25)20-9-6-7-10-21(20)24/h6-7,9-10,12-15H,2-5,8,11,16-17H2,1H3. The molecule has 0 amide bonds. The highest BCUT2D eigenvalue weighted by atomic mass is 19.1. The normalized spacial score (nSPS) is 20.6. The van der Waals surface area contributed by atoms with Crippen LogP contribution in [0.4, 0.5) is 4.39 Å². The number of halogens is 1. The molecule has 2 aromatic rings. The first kappa shape index (κ1) is 18.6. The van der Waals surface area contributed by atoms with Gasteiger partial charge in [0.2, 0.25) is 0 Å². The molecule has 3 heteroatoms. The summed E-state index contributed by atoms with van der Waals surface area (Å²) in [4.78, 5) is 13.2. The minimum atomic E-state index is -0.885. The van der Waals surface area contributed by atoms with Gasteiger partial charge in [0, 0.05) is 12.0 Å². The van der Waals surface area contributed by atoms with E-state index < -0.39 is 5.41 Å². The predicted octanol–water partition coefficient (Wildman–Crippen LogP) is 5.82. The molecule has 1 fully saturated rings. The topological polar surface area (TPSA) is 26.3 Å². The first-order chi connectivity index (χ1) is 12.7. The van der Waals surface area contributed by atoms with Crippen LogP contribution in [0.5, 0.6) is 5.75 Å². The highest BCUT2D eigenvalue weighted by Gasteiger charge is 2.43. The second kappa shape index (κ2) is 8.48. The van der Waals surface area contributed by atoms with E-state index in [2.05, 4.69) is 6.92 Å². The molecule has 1 aliphatic rings. The van der Waals surface area contributed by atoms with Crippen molar-refractivity contribution < 1.29 is 13.9 Å². The molecule has 0 aromatic heterocycles.